The Morgan fingerprint density at radius 2 is 1.81 bits per heavy atom. The second kappa shape index (κ2) is 9.50. The van der Waals surface area contributed by atoms with Crippen LogP contribution < -0.4 is 0 Å². The minimum atomic E-state index is -3.54. The highest BCUT2D eigenvalue weighted by atomic mass is 32.2. The average Bonchev–Trinajstić information content (AvgIpc) is 3.01. The van der Waals surface area contributed by atoms with Gasteiger partial charge in [0.05, 0.1) is 4.90 Å². The summed E-state index contributed by atoms with van der Waals surface area (Å²) in [5.74, 6) is 0. The Kier molecular flexibility index (Phi) is 7.86. The standard InChI is InChI=1S/C21H35NO3SSi/c1-18-11-14-20(15-12-18)26(23,24)22-19(13-16-21(22)25-2)10-8-6-7-9-17-27(3,4)5/h7,9,11-12,14-15,19,21H,6,8,10,13,16-17H2,1-5H3/b9-7+/t19-,21-/m1/s1. The number of benzene rings is 1. The Morgan fingerprint density at radius 3 is 2.41 bits per heavy atom. The quantitative estimate of drug-likeness (QED) is 0.320. The summed E-state index contributed by atoms with van der Waals surface area (Å²) in [4.78, 5) is 0.358. The lowest BCUT2D eigenvalue weighted by Gasteiger charge is -2.28. The van der Waals surface area contributed by atoms with Gasteiger partial charge in [-0.25, -0.2) is 8.42 Å². The van der Waals surface area contributed by atoms with Crippen molar-refractivity contribution >= 4 is 18.1 Å². The van der Waals surface area contributed by atoms with Crippen LogP contribution in [0, 0.1) is 6.92 Å². The summed E-state index contributed by atoms with van der Waals surface area (Å²) in [7, 11) is -2.96. The molecule has 2 rings (SSSR count). The van der Waals surface area contributed by atoms with Gasteiger partial charge in [0.2, 0.25) is 10.0 Å². The van der Waals surface area contributed by atoms with Gasteiger partial charge < -0.3 is 4.74 Å². The molecule has 1 aliphatic heterocycles. The number of hydrogen-bond donors (Lipinski definition) is 0. The summed E-state index contributed by atoms with van der Waals surface area (Å²) in [6, 6.07) is 8.33. The van der Waals surface area contributed by atoms with Crippen LogP contribution in [-0.4, -0.2) is 40.2 Å². The van der Waals surface area contributed by atoms with Crippen molar-refractivity contribution in [2.45, 2.75) is 81.9 Å². The van der Waals surface area contributed by atoms with Gasteiger partial charge in [0.25, 0.3) is 0 Å². The van der Waals surface area contributed by atoms with E-state index in [0.29, 0.717) is 4.90 Å². The zero-order valence-corrected chi connectivity index (χ0v) is 19.3. The largest absolute Gasteiger partial charge is 0.365 e. The normalized spacial score (nSPS) is 22.0. The number of hydrogen-bond acceptors (Lipinski definition) is 3. The molecule has 0 spiro atoms. The topological polar surface area (TPSA) is 46.6 Å². The third-order valence-electron chi connectivity index (χ3n) is 5.06. The van der Waals surface area contributed by atoms with Crippen LogP contribution in [0.3, 0.4) is 0 Å². The second-order valence-corrected chi connectivity index (χ2v) is 16.1. The van der Waals surface area contributed by atoms with Crippen molar-refractivity contribution in [3.63, 3.8) is 0 Å². The van der Waals surface area contributed by atoms with E-state index in [4.69, 9.17) is 4.74 Å². The summed E-state index contributed by atoms with van der Waals surface area (Å²) in [6.07, 6.45) is 8.73. The van der Waals surface area contributed by atoms with Crippen LogP contribution in [0.25, 0.3) is 0 Å². The number of sulfonamides is 1. The number of allylic oxidation sites excluding steroid dienone is 2. The molecule has 0 amide bonds. The van der Waals surface area contributed by atoms with Gasteiger partial charge in [-0.15, -0.1) is 0 Å². The lowest BCUT2D eigenvalue weighted by molar-refractivity contribution is 0.0289. The fraction of sp³-hybridized carbons (Fsp3) is 0.619. The van der Waals surface area contributed by atoms with Gasteiger partial charge in [0, 0.05) is 21.2 Å². The number of aryl methyl sites for hydroxylation is 1. The number of methoxy groups -OCH3 is 1. The molecule has 1 aromatic rings. The summed E-state index contributed by atoms with van der Waals surface area (Å²) in [5, 5.41) is 0. The number of rotatable bonds is 9. The van der Waals surface area contributed by atoms with E-state index in [9.17, 15) is 8.42 Å². The Morgan fingerprint density at radius 1 is 1.15 bits per heavy atom. The van der Waals surface area contributed by atoms with E-state index >= 15 is 0 Å². The molecule has 0 aromatic heterocycles. The summed E-state index contributed by atoms with van der Waals surface area (Å²) < 4.78 is 33.5. The van der Waals surface area contributed by atoms with Crippen LogP contribution in [-0.2, 0) is 14.8 Å². The minimum absolute atomic E-state index is 0.0200. The van der Waals surface area contributed by atoms with E-state index in [1.54, 1.807) is 23.5 Å². The molecule has 1 saturated heterocycles. The molecule has 1 fully saturated rings. The molecule has 0 N–H and O–H groups in total. The molecule has 152 valence electrons. The lowest BCUT2D eigenvalue weighted by atomic mass is 10.1. The predicted octanol–water partition coefficient (Wildman–Crippen LogP) is 5.19. The average molecular weight is 410 g/mol. The van der Waals surface area contributed by atoms with Gasteiger partial charge >= 0.3 is 0 Å². The van der Waals surface area contributed by atoms with E-state index in [-0.39, 0.29) is 12.3 Å². The molecule has 0 bridgehead atoms. The van der Waals surface area contributed by atoms with Crippen LogP contribution in [0.1, 0.15) is 37.7 Å². The fourth-order valence-electron chi connectivity index (χ4n) is 3.53. The van der Waals surface area contributed by atoms with Crippen molar-refractivity contribution in [2.24, 2.45) is 0 Å². The smallest absolute Gasteiger partial charge is 0.245 e. The maximum absolute atomic E-state index is 13.2. The summed E-state index contributed by atoms with van der Waals surface area (Å²) in [5.41, 5.74) is 1.06. The van der Waals surface area contributed by atoms with Crippen LogP contribution in [0.5, 0.6) is 0 Å². The maximum Gasteiger partial charge on any atom is 0.245 e. The number of unbranched alkanes of at least 4 members (excludes halogenated alkanes) is 1. The highest BCUT2D eigenvalue weighted by Gasteiger charge is 2.42. The van der Waals surface area contributed by atoms with Gasteiger partial charge in [-0.2, -0.15) is 4.31 Å². The van der Waals surface area contributed by atoms with Crippen LogP contribution in [0.2, 0.25) is 25.7 Å². The van der Waals surface area contributed by atoms with Crippen LogP contribution in [0.4, 0.5) is 0 Å². The molecule has 0 aliphatic carbocycles. The summed E-state index contributed by atoms with van der Waals surface area (Å²) in [6.45, 7) is 9.07. The molecular weight excluding hydrogens is 374 g/mol. The van der Waals surface area contributed by atoms with E-state index in [1.807, 2.05) is 19.1 Å². The monoisotopic (exact) mass is 409 g/mol. The highest BCUT2D eigenvalue weighted by Crippen LogP contribution is 2.34. The van der Waals surface area contributed by atoms with Crippen LogP contribution in [0.15, 0.2) is 41.3 Å². The predicted molar refractivity (Wildman–Crippen MR) is 115 cm³/mol. The number of nitrogens with zero attached hydrogens (tertiary/aromatic N) is 1. The third-order valence-corrected chi connectivity index (χ3v) is 8.48. The maximum atomic E-state index is 13.2. The van der Waals surface area contributed by atoms with Crippen molar-refractivity contribution in [1.29, 1.82) is 0 Å². The molecule has 0 unspecified atom stereocenters. The van der Waals surface area contributed by atoms with E-state index in [1.165, 1.54) is 6.04 Å². The molecule has 0 radical (unpaired) electrons. The first-order valence-corrected chi connectivity index (χ1v) is 15.1. The second-order valence-electron chi connectivity index (χ2n) is 8.74. The Bertz CT molecular complexity index is 723. The molecule has 27 heavy (non-hydrogen) atoms. The van der Waals surface area contributed by atoms with E-state index in [0.717, 1.165) is 37.7 Å². The lowest BCUT2D eigenvalue weighted by Crippen LogP contribution is -2.42. The number of ether oxygens (including phenoxy) is 1. The zero-order chi connectivity index (χ0) is 20.1. The molecule has 0 saturated carbocycles. The van der Waals surface area contributed by atoms with Gasteiger partial charge in [-0.3, -0.25) is 0 Å². The Hall–Kier alpha value is -0.953. The van der Waals surface area contributed by atoms with Crippen LogP contribution >= 0.6 is 0 Å². The van der Waals surface area contributed by atoms with Crippen molar-refractivity contribution in [3.05, 3.63) is 42.0 Å². The molecule has 4 nitrogen and oxygen atoms in total. The first-order valence-electron chi connectivity index (χ1n) is 9.93. The van der Waals surface area contributed by atoms with Gasteiger partial charge in [-0.1, -0.05) is 49.5 Å². The van der Waals surface area contributed by atoms with E-state index < -0.39 is 18.1 Å². The fourth-order valence-corrected chi connectivity index (χ4v) is 6.23. The molecule has 1 heterocycles. The Balaban J connectivity index is 2.02. The zero-order valence-electron chi connectivity index (χ0n) is 17.4. The van der Waals surface area contributed by atoms with Gasteiger partial charge in [0.15, 0.2) is 0 Å². The third kappa shape index (κ3) is 6.27. The van der Waals surface area contributed by atoms with Gasteiger partial charge in [0.1, 0.15) is 6.23 Å². The van der Waals surface area contributed by atoms with Crippen molar-refractivity contribution in [2.75, 3.05) is 7.11 Å². The SMILES string of the molecule is CO[C@@H]1CC[C@@H](CCC/C=C/C[Si](C)(C)C)N1S(=O)(=O)c1ccc(C)cc1. The first kappa shape index (κ1) is 22.3. The first-order chi connectivity index (χ1) is 12.6. The molecule has 1 aliphatic rings. The highest BCUT2D eigenvalue weighted by molar-refractivity contribution is 7.89. The summed E-state index contributed by atoms with van der Waals surface area (Å²) >= 11 is 0. The van der Waals surface area contributed by atoms with E-state index in [2.05, 4.69) is 31.8 Å². The van der Waals surface area contributed by atoms with Crippen molar-refractivity contribution in [1.82, 2.24) is 4.31 Å². The molecular formula is C21H35NO3SSi. The van der Waals surface area contributed by atoms with Crippen molar-refractivity contribution in [3.8, 4) is 0 Å². The van der Waals surface area contributed by atoms with Crippen molar-refractivity contribution < 1.29 is 13.2 Å². The molecule has 1 aromatic carbocycles. The molecule has 6 heteroatoms. The minimum Gasteiger partial charge on any atom is -0.365 e. The molecule has 2 atom stereocenters. The Labute approximate surface area is 166 Å². The van der Waals surface area contributed by atoms with Gasteiger partial charge in [-0.05, 0) is 57.2 Å².